The third kappa shape index (κ3) is 5.47. The van der Waals surface area contributed by atoms with E-state index in [0.717, 1.165) is 35.4 Å². The average Bonchev–Trinajstić information content (AvgIpc) is 2.16. The zero-order valence-electron chi connectivity index (χ0n) is 10.3. The van der Waals surface area contributed by atoms with Gasteiger partial charge in [0, 0.05) is 24.4 Å². The fourth-order valence-electron chi connectivity index (χ4n) is 1.34. The molecule has 90 valence electrons. The minimum absolute atomic E-state index is 0.158. The molecule has 2 N–H and O–H groups in total. The molecule has 0 saturated carbocycles. The summed E-state index contributed by atoms with van der Waals surface area (Å²) in [6.45, 7) is 6.44. The Labute approximate surface area is 102 Å². The van der Waals surface area contributed by atoms with Crippen molar-refractivity contribution in [1.82, 2.24) is 9.97 Å². The molecule has 0 aliphatic heterocycles. The number of rotatable bonds is 6. The maximum atomic E-state index is 5.75. The van der Waals surface area contributed by atoms with Gasteiger partial charge in [-0.3, -0.25) is 0 Å². The summed E-state index contributed by atoms with van der Waals surface area (Å²) in [5.74, 6) is 3.69. The maximum absolute atomic E-state index is 5.75. The number of nitrogens with zero attached hydrogens (tertiary/aromatic N) is 2. The van der Waals surface area contributed by atoms with Gasteiger partial charge in [0.1, 0.15) is 5.82 Å². The zero-order valence-corrected chi connectivity index (χ0v) is 11.1. The minimum Gasteiger partial charge on any atom is -0.328 e. The summed E-state index contributed by atoms with van der Waals surface area (Å²) in [7, 11) is 0. The van der Waals surface area contributed by atoms with E-state index in [2.05, 4.69) is 23.8 Å². The zero-order chi connectivity index (χ0) is 12.0. The lowest BCUT2D eigenvalue weighted by Crippen LogP contribution is -2.18. The van der Waals surface area contributed by atoms with Gasteiger partial charge in [-0.2, -0.15) is 11.8 Å². The molecule has 3 nitrogen and oxygen atoms in total. The maximum Gasteiger partial charge on any atom is 0.138 e. The van der Waals surface area contributed by atoms with Crippen LogP contribution in [0.4, 0.5) is 0 Å². The smallest absolute Gasteiger partial charge is 0.138 e. The van der Waals surface area contributed by atoms with Crippen molar-refractivity contribution in [3.05, 3.63) is 23.8 Å². The second-order valence-electron chi connectivity index (χ2n) is 4.55. The highest BCUT2D eigenvalue weighted by Gasteiger charge is 2.03. The Morgan fingerprint density at radius 1 is 1.38 bits per heavy atom. The highest BCUT2D eigenvalue weighted by Crippen LogP contribution is 2.12. The average molecular weight is 239 g/mol. The van der Waals surface area contributed by atoms with Crippen molar-refractivity contribution in [2.24, 2.45) is 11.7 Å². The van der Waals surface area contributed by atoms with Gasteiger partial charge >= 0.3 is 0 Å². The normalized spacial score (nSPS) is 13.1. The second-order valence-corrected chi connectivity index (χ2v) is 5.58. The van der Waals surface area contributed by atoms with Gasteiger partial charge in [-0.05, 0) is 24.7 Å². The van der Waals surface area contributed by atoms with Crippen molar-refractivity contribution in [3.8, 4) is 0 Å². The topological polar surface area (TPSA) is 51.8 Å². The van der Waals surface area contributed by atoms with Gasteiger partial charge < -0.3 is 5.73 Å². The first-order valence-corrected chi connectivity index (χ1v) is 6.87. The van der Waals surface area contributed by atoms with E-state index in [-0.39, 0.29) is 6.04 Å². The van der Waals surface area contributed by atoms with E-state index < -0.39 is 0 Å². The number of aromatic nitrogens is 2. The molecule has 1 aromatic rings. The molecule has 16 heavy (non-hydrogen) atoms. The number of hydrogen-bond acceptors (Lipinski definition) is 4. The van der Waals surface area contributed by atoms with Crippen molar-refractivity contribution in [2.45, 2.75) is 39.0 Å². The van der Waals surface area contributed by atoms with E-state index in [1.54, 1.807) is 0 Å². The molecule has 1 rings (SSSR count). The lowest BCUT2D eigenvalue weighted by Gasteiger charge is -2.07. The number of hydrogen-bond donors (Lipinski definition) is 1. The molecule has 4 heteroatoms. The van der Waals surface area contributed by atoms with E-state index in [1.807, 2.05) is 30.9 Å². The second kappa shape index (κ2) is 6.86. The van der Waals surface area contributed by atoms with Crippen LogP contribution in [0.25, 0.3) is 0 Å². The van der Waals surface area contributed by atoms with Crippen LogP contribution in [0.5, 0.6) is 0 Å². The van der Waals surface area contributed by atoms with Crippen LogP contribution in [0.1, 0.15) is 32.3 Å². The van der Waals surface area contributed by atoms with E-state index in [1.165, 1.54) is 0 Å². The molecule has 0 fully saturated rings. The van der Waals surface area contributed by atoms with Gasteiger partial charge in [-0.15, -0.1) is 0 Å². The molecular weight excluding hydrogens is 218 g/mol. The van der Waals surface area contributed by atoms with Gasteiger partial charge in [-0.1, -0.05) is 13.8 Å². The van der Waals surface area contributed by atoms with Crippen molar-refractivity contribution in [2.75, 3.05) is 5.75 Å². The van der Waals surface area contributed by atoms with Crippen LogP contribution >= 0.6 is 11.8 Å². The van der Waals surface area contributed by atoms with E-state index >= 15 is 0 Å². The number of nitrogens with two attached hydrogens (primary N) is 1. The molecular formula is C12H21N3S. The Morgan fingerprint density at radius 2 is 2.12 bits per heavy atom. The molecule has 0 aliphatic rings. The Kier molecular flexibility index (Phi) is 5.77. The summed E-state index contributed by atoms with van der Waals surface area (Å²) in [5, 5.41) is 0. The first-order valence-electron chi connectivity index (χ1n) is 5.72. The van der Waals surface area contributed by atoms with Crippen LogP contribution in [-0.4, -0.2) is 21.8 Å². The van der Waals surface area contributed by atoms with E-state index in [9.17, 15) is 0 Å². The van der Waals surface area contributed by atoms with Crippen LogP contribution in [0, 0.1) is 5.92 Å². The molecule has 0 radical (unpaired) electrons. The summed E-state index contributed by atoms with van der Waals surface area (Å²) in [6, 6.07) is 2.10. The Bertz CT molecular complexity index is 313. The van der Waals surface area contributed by atoms with Gasteiger partial charge in [0.2, 0.25) is 0 Å². The molecule has 1 atom stereocenters. The van der Waals surface area contributed by atoms with Crippen molar-refractivity contribution < 1.29 is 0 Å². The van der Waals surface area contributed by atoms with E-state index in [0.29, 0.717) is 0 Å². The lowest BCUT2D eigenvalue weighted by atomic mass is 10.2. The molecule has 0 aliphatic carbocycles. The highest BCUT2D eigenvalue weighted by molar-refractivity contribution is 7.98. The predicted molar refractivity (Wildman–Crippen MR) is 70.4 cm³/mol. The first-order chi connectivity index (χ1) is 7.58. The molecule has 1 aromatic heterocycles. The lowest BCUT2D eigenvalue weighted by molar-refractivity contribution is 0.715. The summed E-state index contributed by atoms with van der Waals surface area (Å²) in [4.78, 5) is 8.77. The van der Waals surface area contributed by atoms with Crippen LogP contribution in [0.15, 0.2) is 12.3 Å². The largest absolute Gasteiger partial charge is 0.328 e. The van der Waals surface area contributed by atoms with E-state index in [4.69, 9.17) is 5.73 Å². The monoisotopic (exact) mass is 239 g/mol. The highest BCUT2D eigenvalue weighted by atomic mass is 32.2. The van der Waals surface area contributed by atoms with Gasteiger partial charge in [0.05, 0.1) is 5.75 Å². The Balaban J connectivity index is 2.47. The van der Waals surface area contributed by atoms with Gasteiger partial charge in [0.25, 0.3) is 0 Å². The summed E-state index contributed by atoms with van der Waals surface area (Å²) in [5.41, 5.74) is 6.80. The van der Waals surface area contributed by atoms with Gasteiger partial charge in [0.15, 0.2) is 0 Å². The fraction of sp³-hybridized carbons (Fsp3) is 0.667. The standard InChI is InChI=1S/C12H21N3S/c1-9(2)7-16-8-12-14-5-4-11(15-12)6-10(3)13/h4-5,9-10H,6-8,13H2,1-3H3. The molecule has 1 heterocycles. The van der Waals surface area contributed by atoms with Crippen LogP contribution < -0.4 is 5.73 Å². The molecule has 1 unspecified atom stereocenters. The van der Waals surface area contributed by atoms with Crippen LogP contribution in [0.2, 0.25) is 0 Å². The van der Waals surface area contributed by atoms with Crippen LogP contribution in [0.3, 0.4) is 0 Å². The SMILES string of the molecule is CC(C)CSCc1nccc(CC(C)N)n1. The molecule has 0 saturated heterocycles. The quantitative estimate of drug-likeness (QED) is 0.827. The van der Waals surface area contributed by atoms with Crippen molar-refractivity contribution in [3.63, 3.8) is 0 Å². The predicted octanol–water partition coefficient (Wildman–Crippen LogP) is 2.26. The third-order valence-electron chi connectivity index (χ3n) is 1.98. The first kappa shape index (κ1) is 13.5. The van der Waals surface area contributed by atoms with Crippen molar-refractivity contribution >= 4 is 11.8 Å². The fourth-order valence-corrected chi connectivity index (χ4v) is 2.25. The Morgan fingerprint density at radius 3 is 2.75 bits per heavy atom. The van der Waals surface area contributed by atoms with Crippen LogP contribution in [-0.2, 0) is 12.2 Å². The summed E-state index contributed by atoms with van der Waals surface area (Å²) < 4.78 is 0. The summed E-state index contributed by atoms with van der Waals surface area (Å²) in [6.07, 6.45) is 2.65. The number of thioether (sulfide) groups is 1. The molecule has 0 amide bonds. The molecule has 0 aromatic carbocycles. The molecule has 0 bridgehead atoms. The minimum atomic E-state index is 0.158. The summed E-state index contributed by atoms with van der Waals surface area (Å²) >= 11 is 1.89. The Hall–Kier alpha value is -0.610. The van der Waals surface area contributed by atoms with Crippen molar-refractivity contribution in [1.29, 1.82) is 0 Å². The molecule has 0 spiro atoms. The van der Waals surface area contributed by atoms with Gasteiger partial charge in [-0.25, -0.2) is 9.97 Å². The third-order valence-corrected chi connectivity index (χ3v) is 3.34.